The molecule has 5 nitrogen and oxygen atoms in total. The van der Waals surface area contributed by atoms with Gasteiger partial charge >= 0.3 is 6.18 Å². The molecule has 2 rings (SSSR count). The number of pyridine rings is 1. The van der Waals surface area contributed by atoms with Gasteiger partial charge in [0.15, 0.2) is 0 Å². The van der Waals surface area contributed by atoms with Crippen LogP contribution in [0.15, 0.2) is 23.4 Å². The highest BCUT2D eigenvalue weighted by atomic mass is 19.4. The van der Waals surface area contributed by atoms with Gasteiger partial charge in [0, 0.05) is 0 Å². The summed E-state index contributed by atoms with van der Waals surface area (Å²) < 4.78 is 56.8. The molecule has 2 heterocycles. The van der Waals surface area contributed by atoms with Gasteiger partial charge in [0.1, 0.15) is 0 Å². The second-order valence-corrected chi connectivity index (χ2v) is 4.07. The van der Waals surface area contributed by atoms with E-state index in [-0.39, 0.29) is 18.2 Å². The van der Waals surface area contributed by atoms with Gasteiger partial charge in [-0.05, 0) is 19.1 Å². The molecule has 1 atom stereocenters. The van der Waals surface area contributed by atoms with E-state index in [2.05, 4.69) is 10.1 Å². The average Bonchev–Trinajstić information content (AvgIpc) is 2.69. The number of hydrazone groups is 1. The molecule has 0 saturated carbocycles. The fraction of sp³-hybridized carbons (Fsp3) is 0.455. The molecule has 0 spiro atoms. The zero-order chi connectivity index (χ0) is 15.0. The highest BCUT2D eigenvalue weighted by Crippen LogP contribution is 2.42. The van der Waals surface area contributed by atoms with Gasteiger partial charge < -0.3 is 9.84 Å². The van der Waals surface area contributed by atoms with Crippen molar-refractivity contribution in [2.45, 2.75) is 25.2 Å². The largest absolute Gasteiger partial charge is 0.480 e. The van der Waals surface area contributed by atoms with Gasteiger partial charge in [-0.2, -0.15) is 17.6 Å². The van der Waals surface area contributed by atoms with E-state index in [0.29, 0.717) is 5.01 Å². The minimum absolute atomic E-state index is 0.113. The van der Waals surface area contributed by atoms with E-state index < -0.39 is 24.3 Å². The molecule has 0 amide bonds. The molecule has 1 aromatic heterocycles. The van der Waals surface area contributed by atoms with Crippen molar-refractivity contribution in [3.63, 3.8) is 0 Å². The summed E-state index contributed by atoms with van der Waals surface area (Å²) in [6.07, 6.45) is -4.96. The molecule has 0 aromatic carbocycles. The summed E-state index contributed by atoms with van der Waals surface area (Å²) in [6, 6.07) is 1.91. The topological polar surface area (TPSA) is 58.0 Å². The van der Waals surface area contributed by atoms with Crippen molar-refractivity contribution in [1.82, 2.24) is 4.98 Å². The van der Waals surface area contributed by atoms with E-state index in [0.717, 1.165) is 18.3 Å². The summed E-state index contributed by atoms with van der Waals surface area (Å²) in [7, 11) is 0. The number of hydrogen-bond acceptors (Lipinski definition) is 5. The highest BCUT2D eigenvalue weighted by Gasteiger charge is 2.62. The normalized spacial score (nSPS) is 22.9. The number of aromatic nitrogens is 1. The van der Waals surface area contributed by atoms with Crippen LogP contribution >= 0.6 is 0 Å². The smallest absolute Gasteiger partial charge is 0.438 e. The van der Waals surface area contributed by atoms with Crippen LogP contribution in [0.25, 0.3) is 0 Å². The molecular weight excluding hydrogens is 282 g/mol. The van der Waals surface area contributed by atoms with Gasteiger partial charge in [0.2, 0.25) is 11.8 Å². The minimum atomic E-state index is -4.97. The molecule has 110 valence electrons. The van der Waals surface area contributed by atoms with Crippen LogP contribution in [0.5, 0.6) is 0 Å². The summed E-state index contributed by atoms with van der Waals surface area (Å²) in [4.78, 5) is 3.25. The predicted octanol–water partition coefficient (Wildman–Crippen LogP) is 2.03. The predicted molar refractivity (Wildman–Crippen MR) is 61.4 cm³/mol. The lowest BCUT2D eigenvalue weighted by molar-refractivity contribution is -0.254. The van der Waals surface area contributed by atoms with Gasteiger partial charge in [-0.3, -0.25) is 0 Å². The Kier molecular flexibility index (Phi) is 3.55. The molecule has 0 aliphatic carbocycles. The van der Waals surface area contributed by atoms with Crippen molar-refractivity contribution < 1.29 is 27.4 Å². The lowest BCUT2D eigenvalue weighted by Gasteiger charge is -2.33. The maximum atomic E-state index is 13.1. The van der Waals surface area contributed by atoms with Crippen molar-refractivity contribution in [2.24, 2.45) is 5.10 Å². The summed E-state index contributed by atoms with van der Waals surface area (Å²) >= 11 is 0. The fourth-order valence-electron chi connectivity index (χ4n) is 1.75. The Morgan fingerprint density at radius 2 is 2.15 bits per heavy atom. The number of hydrogen-bond donors (Lipinski definition) is 1. The van der Waals surface area contributed by atoms with Crippen molar-refractivity contribution in [2.75, 3.05) is 11.6 Å². The van der Waals surface area contributed by atoms with Crippen molar-refractivity contribution in [1.29, 1.82) is 0 Å². The van der Waals surface area contributed by atoms with Crippen molar-refractivity contribution >= 4 is 11.6 Å². The van der Waals surface area contributed by atoms with Crippen LogP contribution < -0.4 is 5.01 Å². The molecule has 0 radical (unpaired) electrons. The molecule has 1 N–H and O–H groups in total. The van der Waals surface area contributed by atoms with Crippen LogP contribution in [0.2, 0.25) is 0 Å². The van der Waals surface area contributed by atoms with Crippen LogP contribution in [0.3, 0.4) is 0 Å². The van der Waals surface area contributed by atoms with E-state index in [1.165, 1.54) is 0 Å². The summed E-state index contributed by atoms with van der Waals surface area (Å²) in [5, 5.41) is 13.8. The summed E-state index contributed by atoms with van der Waals surface area (Å²) in [5.41, 5.74) is -3.43. The lowest BCUT2D eigenvalue weighted by Crippen LogP contribution is -2.55. The third kappa shape index (κ3) is 2.40. The number of halogens is 4. The van der Waals surface area contributed by atoms with Gasteiger partial charge in [-0.15, -0.1) is 5.10 Å². The minimum Gasteiger partial charge on any atom is -0.480 e. The molecule has 1 aromatic rings. The van der Waals surface area contributed by atoms with Gasteiger partial charge in [0.25, 0.3) is 5.72 Å². The number of anilines is 1. The Hall–Kier alpha value is -1.90. The van der Waals surface area contributed by atoms with E-state index in [4.69, 9.17) is 4.74 Å². The maximum Gasteiger partial charge on any atom is 0.438 e. The SMILES string of the molecule is CCOC1=NN(c2ccc(F)nc2)C(O)(C(F)(F)F)C1. The number of aliphatic hydroxyl groups is 1. The van der Waals surface area contributed by atoms with Crippen LogP contribution in [-0.2, 0) is 4.74 Å². The Morgan fingerprint density at radius 3 is 2.65 bits per heavy atom. The van der Waals surface area contributed by atoms with E-state index in [1.807, 2.05) is 0 Å². The average molecular weight is 293 g/mol. The van der Waals surface area contributed by atoms with E-state index in [1.54, 1.807) is 6.92 Å². The number of rotatable bonds is 2. The molecule has 0 saturated heterocycles. The first-order valence-electron chi connectivity index (χ1n) is 5.69. The Labute approximate surface area is 111 Å². The van der Waals surface area contributed by atoms with E-state index in [9.17, 15) is 22.7 Å². The van der Waals surface area contributed by atoms with Crippen molar-refractivity contribution in [3.8, 4) is 0 Å². The first-order chi connectivity index (χ1) is 9.28. The van der Waals surface area contributed by atoms with Gasteiger partial charge in [-0.1, -0.05) is 0 Å². The molecule has 1 aliphatic heterocycles. The second-order valence-electron chi connectivity index (χ2n) is 4.07. The van der Waals surface area contributed by atoms with Crippen LogP contribution in [0.1, 0.15) is 13.3 Å². The van der Waals surface area contributed by atoms with Gasteiger partial charge in [-0.25, -0.2) is 9.99 Å². The first-order valence-corrected chi connectivity index (χ1v) is 5.69. The molecular formula is C11H11F4N3O2. The number of alkyl halides is 3. The highest BCUT2D eigenvalue weighted by molar-refractivity contribution is 5.82. The monoisotopic (exact) mass is 293 g/mol. The first kappa shape index (κ1) is 14.5. The third-order valence-electron chi connectivity index (χ3n) is 2.68. The second kappa shape index (κ2) is 4.89. The maximum absolute atomic E-state index is 13.1. The molecule has 9 heteroatoms. The Morgan fingerprint density at radius 1 is 1.45 bits per heavy atom. The zero-order valence-electron chi connectivity index (χ0n) is 10.4. The van der Waals surface area contributed by atoms with Crippen LogP contribution in [-0.4, -0.2) is 34.5 Å². The lowest BCUT2D eigenvalue weighted by atomic mass is 10.1. The summed E-state index contributed by atoms with van der Waals surface area (Å²) in [5.74, 6) is -1.10. The molecule has 0 fully saturated rings. The Bertz CT molecular complexity index is 517. The fourth-order valence-corrected chi connectivity index (χ4v) is 1.75. The van der Waals surface area contributed by atoms with E-state index >= 15 is 0 Å². The summed E-state index contributed by atoms with van der Waals surface area (Å²) in [6.45, 7) is 1.69. The molecule has 1 unspecified atom stereocenters. The van der Waals surface area contributed by atoms with Crippen molar-refractivity contribution in [3.05, 3.63) is 24.3 Å². The third-order valence-corrected chi connectivity index (χ3v) is 2.68. The zero-order valence-corrected chi connectivity index (χ0v) is 10.4. The molecule has 1 aliphatic rings. The van der Waals surface area contributed by atoms with Gasteiger partial charge in [0.05, 0.1) is 24.9 Å². The Balaban J connectivity index is 2.41. The number of ether oxygens (including phenoxy) is 1. The van der Waals surface area contributed by atoms with Crippen LogP contribution in [0, 0.1) is 5.95 Å². The molecule has 20 heavy (non-hydrogen) atoms. The molecule has 0 bridgehead atoms. The van der Waals surface area contributed by atoms with Crippen LogP contribution in [0.4, 0.5) is 23.2 Å². The number of nitrogens with zero attached hydrogens (tertiary/aromatic N) is 3. The standard InChI is InChI=1S/C11H11F4N3O2/c1-2-20-9-5-10(19,11(13,14)15)18(17-9)7-3-4-8(12)16-6-7/h3-4,6,19H,2,5H2,1H3. The quantitative estimate of drug-likeness (QED) is 0.669.